The van der Waals surface area contributed by atoms with Gasteiger partial charge in [0.1, 0.15) is 6.61 Å². The summed E-state index contributed by atoms with van der Waals surface area (Å²) in [5.41, 5.74) is 1.53. The fourth-order valence-corrected chi connectivity index (χ4v) is 2.92. The summed E-state index contributed by atoms with van der Waals surface area (Å²) in [6, 6.07) is 11.0. The number of amides is 1. The van der Waals surface area contributed by atoms with Gasteiger partial charge in [-0.1, -0.05) is 30.3 Å². The lowest BCUT2D eigenvalue weighted by Crippen LogP contribution is -2.42. The smallest absolute Gasteiger partial charge is 0.367 e. The van der Waals surface area contributed by atoms with Gasteiger partial charge in [-0.2, -0.15) is 13.2 Å². The number of halogens is 4. The van der Waals surface area contributed by atoms with Crippen molar-refractivity contribution in [2.75, 3.05) is 27.2 Å². The molecule has 0 atom stereocenters. The largest absolute Gasteiger partial charge is 0.411 e. The van der Waals surface area contributed by atoms with Crippen LogP contribution in [0, 0.1) is 0 Å². The summed E-state index contributed by atoms with van der Waals surface area (Å²) in [6.45, 7) is -0.339. The first-order valence-corrected chi connectivity index (χ1v) is 10.1. The van der Waals surface area contributed by atoms with E-state index in [0.717, 1.165) is 10.4 Å². The molecular formula is C20H26F3IN4O2S. The third kappa shape index (κ3) is 11.4. The van der Waals surface area contributed by atoms with Crippen LogP contribution in [0.25, 0.3) is 0 Å². The van der Waals surface area contributed by atoms with E-state index in [0.29, 0.717) is 24.6 Å². The maximum absolute atomic E-state index is 12.1. The molecule has 2 aromatic rings. The Morgan fingerprint density at radius 2 is 1.81 bits per heavy atom. The molecule has 1 heterocycles. The standard InChI is InChI=1S/C20H25F3N4O2S.HI/c1-27(2)18(28)12-26-19(25-11-17-4-3-9-30-17)24-10-15-5-7-16(8-6-15)13-29-14-20(21,22)23;/h3-9H,10-14H2,1-2H3,(H2,24,25,26);1H. The van der Waals surface area contributed by atoms with Crippen molar-refractivity contribution in [3.8, 4) is 0 Å². The Labute approximate surface area is 200 Å². The van der Waals surface area contributed by atoms with Crippen molar-refractivity contribution in [1.29, 1.82) is 0 Å². The lowest BCUT2D eigenvalue weighted by Gasteiger charge is -2.14. The van der Waals surface area contributed by atoms with Gasteiger partial charge >= 0.3 is 6.18 Å². The van der Waals surface area contributed by atoms with Crippen LogP contribution in [-0.4, -0.2) is 50.2 Å². The Kier molecular flexibility index (Phi) is 11.9. The molecule has 6 nitrogen and oxygen atoms in total. The van der Waals surface area contributed by atoms with Crippen LogP contribution in [0.1, 0.15) is 16.0 Å². The second kappa shape index (κ2) is 13.5. The van der Waals surface area contributed by atoms with Crippen molar-refractivity contribution in [2.45, 2.75) is 25.9 Å². The van der Waals surface area contributed by atoms with Gasteiger partial charge in [-0.15, -0.1) is 35.3 Å². The topological polar surface area (TPSA) is 66.0 Å². The quantitative estimate of drug-likeness (QED) is 0.274. The van der Waals surface area contributed by atoms with Crippen molar-refractivity contribution in [1.82, 2.24) is 15.5 Å². The Bertz CT molecular complexity index is 813. The first-order chi connectivity index (χ1) is 14.2. The van der Waals surface area contributed by atoms with Gasteiger partial charge in [0.15, 0.2) is 5.96 Å². The minimum atomic E-state index is -4.33. The maximum Gasteiger partial charge on any atom is 0.411 e. The predicted octanol–water partition coefficient (Wildman–Crippen LogP) is 3.77. The van der Waals surface area contributed by atoms with Crippen molar-refractivity contribution in [3.63, 3.8) is 0 Å². The molecule has 0 spiro atoms. The van der Waals surface area contributed by atoms with E-state index in [1.807, 2.05) is 17.5 Å². The third-order valence-electron chi connectivity index (χ3n) is 3.89. The van der Waals surface area contributed by atoms with Crippen LogP contribution in [0.4, 0.5) is 13.2 Å². The fraction of sp³-hybridized carbons (Fsp3) is 0.400. The molecule has 0 saturated heterocycles. The number of rotatable bonds is 9. The van der Waals surface area contributed by atoms with Gasteiger partial charge in [0.2, 0.25) is 5.91 Å². The van der Waals surface area contributed by atoms with Crippen LogP contribution in [-0.2, 0) is 29.2 Å². The van der Waals surface area contributed by atoms with Crippen LogP contribution >= 0.6 is 35.3 Å². The summed E-state index contributed by atoms with van der Waals surface area (Å²) >= 11 is 1.62. The highest BCUT2D eigenvalue weighted by atomic mass is 127. The first kappa shape index (κ1) is 27.2. The van der Waals surface area contributed by atoms with E-state index >= 15 is 0 Å². The molecule has 31 heavy (non-hydrogen) atoms. The third-order valence-corrected chi connectivity index (χ3v) is 4.77. The number of hydrogen-bond donors (Lipinski definition) is 2. The Balaban J connectivity index is 0.00000480. The number of nitrogens with zero attached hydrogens (tertiary/aromatic N) is 2. The highest BCUT2D eigenvalue weighted by Crippen LogP contribution is 2.16. The molecule has 1 amide bonds. The monoisotopic (exact) mass is 570 g/mol. The summed E-state index contributed by atoms with van der Waals surface area (Å²) in [5.74, 6) is 0.417. The molecule has 11 heteroatoms. The maximum atomic E-state index is 12.1. The van der Waals surface area contributed by atoms with Crippen molar-refractivity contribution in [3.05, 3.63) is 57.8 Å². The number of carbonyl (C=O) groups is 1. The van der Waals surface area contributed by atoms with Crippen LogP contribution in [0.2, 0.25) is 0 Å². The van der Waals surface area contributed by atoms with E-state index in [-0.39, 0.29) is 43.0 Å². The molecule has 0 aliphatic rings. The summed E-state index contributed by atoms with van der Waals surface area (Å²) < 4.78 is 41.1. The average Bonchev–Trinajstić information content (AvgIpc) is 3.20. The number of hydrogen-bond acceptors (Lipinski definition) is 4. The zero-order valence-electron chi connectivity index (χ0n) is 17.2. The molecule has 2 rings (SSSR count). The summed E-state index contributed by atoms with van der Waals surface area (Å²) in [4.78, 5) is 19.0. The number of nitrogens with one attached hydrogen (secondary N) is 2. The van der Waals surface area contributed by atoms with E-state index in [9.17, 15) is 18.0 Å². The molecule has 1 aromatic heterocycles. The second-order valence-corrected chi connectivity index (χ2v) is 7.70. The van der Waals surface area contributed by atoms with Gasteiger partial charge in [0, 0.05) is 19.0 Å². The molecule has 0 saturated carbocycles. The normalized spacial score (nSPS) is 11.6. The van der Waals surface area contributed by atoms with E-state index in [2.05, 4.69) is 20.4 Å². The Morgan fingerprint density at radius 3 is 2.39 bits per heavy atom. The number of likely N-dealkylation sites (N-methyl/N-ethyl adjacent to an activating group) is 1. The first-order valence-electron chi connectivity index (χ1n) is 9.20. The van der Waals surface area contributed by atoms with E-state index in [1.54, 1.807) is 49.7 Å². The second-order valence-electron chi connectivity index (χ2n) is 6.66. The molecule has 0 aliphatic carbocycles. The molecule has 0 radical (unpaired) electrons. The van der Waals surface area contributed by atoms with Crippen molar-refractivity contribution >= 4 is 47.2 Å². The minimum Gasteiger partial charge on any atom is -0.367 e. The van der Waals surface area contributed by atoms with Gasteiger partial charge in [0.05, 0.1) is 26.2 Å². The minimum absolute atomic E-state index is 0. The van der Waals surface area contributed by atoms with Crippen LogP contribution in [0.15, 0.2) is 46.8 Å². The predicted molar refractivity (Wildman–Crippen MR) is 127 cm³/mol. The molecule has 0 unspecified atom stereocenters. The molecule has 0 bridgehead atoms. The van der Waals surface area contributed by atoms with Gasteiger partial charge in [-0.3, -0.25) is 4.79 Å². The fourth-order valence-electron chi connectivity index (χ4n) is 2.27. The Morgan fingerprint density at radius 1 is 1.13 bits per heavy atom. The average molecular weight is 570 g/mol. The van der Waals surface area contributed by atoms with Gasteiger partial charge in [0.25, 0.3) is 0 Å². The van der Waals surface area contributed by atoms with Crippen molar-refractivity contribution < 1.29 is 22.7 Å². The molecule has 0 fully saturated rings. The number of guanidine groups is 1. The summed E-state index contributed by atoms with van der Waals surface area (Å²) in [6.07, 6.45) is -4.33. The highest BCUT2D eigenvalue weighted by molar-refractivity contribution is 14.0. The van der Waals surface area contributed by atoms with E-state index in [4.69, 9.17) is 0 Å². The summed E-state index contributed by atoms with van der Waals surface area (Å²) in [5, 5.41) is 8.19. The van der Waals surface area contributed by atoms with E-state index < -0.39 is 12.8 Å². The van der Waals surface area contributed by atoms with Gasteiger partial charge in [-0.05, 0) is 22.6 Å². The molecule has 172 valence electrons. The molecular weight excluding hydrogens is 544 g/mol. The van der Waals surface area contributed by atoms with Gasteiger partial charge in [-0.25, -0.2) is 4.99 Å². The lowest BCUT2D eigenvalue weighted by molar-refractivity contribution is -0.176. The molecule has 2 N–H and O–H groups in total. The number of aliphatic imine (C=N–C) groups is 1. The van der Waals surface area contributed by atoms with Crippen LogP contribution in [0.3, 0.4) is 0 Å². The summed E-state index contributed by atoms with van der Waals surface area (Å²) in [7, 11) is 3.36. The van der Waals surface area contributed by atoms with Crippen LogP contribution in [0.5, 0.6) is 0 Å². The van der Waals surface area contributed by atoms with E-state index in [1.165, 1.54) is 4.90 Å². The SMILES string of the molecule is CN(C)C(=O)CNC(=NCc1ccc(COCC(F)(F)F)cc1)NCc1cccs1.I. The lowest BCUT2D eigenvalue weighted by atomic mass is 10.1. The molecule has 1 aromatic carbocycles. The number of ether oxygens (including phenoxy) is 1. The highest BCUT2D eigenvalue weighted by Gasteiger charge is 2.27. The molecule has 0 aliphatic heterocycles. The zero-order valence-corrected chi connectivity index (χ0v) is 20.4. The number of carbonyl (C=O) groups excluding carboxylic acids is 1. The Hall–Kier alpha value is -1.86. The van der Waals surface area contributed by atoms with Crippen LogP contribution < -0.4 is 10.6 Å². The number of alkyl halides is 3. The number of thiophene rings is 1. The zero-order chi connectivity index (χ0) is 22.0. The van der Waals surface area contributed by atoms with Crippen molar-refractivity contribution in [2.24, 2.45) is 4.99 Å². The van der Waals surface area contributed by atoms with Gasteiger partial charge < -0.3 is 20.3 Å². The number of benzene rings is 1.